The van der Waals surface area contributed by atoms with E-state index in [0.717, 1.165) is 0 Å². The van der Waals surface area contributed by atoms with Gasteiger partial charge in [-0.05, 0) is 0 Å². The standard InChI is InChI=1S/C3H9O2P.Mg.2H/c1-3-6(2,4)5;;;/h3H2,1-2H3,(H,4,5);;;/q;+2;2*-1. The first-order valence-electron chi connectivity index (χ1n) is 1.85. The van der Waals surface area contributed by atoms with E-state index in [4.69, 9.17) is 4.89 Å². The molecular formula is C3H11MgO2P. The third-order valence-electron chi connectivity index (χ3n) is 0.587. The molecular weight excluding hydrogens is 123 g/mol. The van der Waals surface area contributed by atoms with Gasteiger partial charge in [-0.1, -0.05) is 6.92 Å². The van der Waals surface area contributed by atoms with E-state index in [-0.39, 0.29) is 25.9 Å². The van der Waals surface area contributed by atoms with Crippen LogP contribution in [0.4, 0.5) is 0 Å². The van der Waals surface area contributed by atoms with E-state index in [0.29, 0.717) is 6.16 Å². The molecule has 0 aromatic heterocycles. The molecule has 0 aliphatic rings. The smallest absolute Gasteiger partial charge is 1.00 e. The van der Waals surface area contributed by atoms with Crippen molar-refractivity contribution in [3.8, 4) is 0 Å². The molecule has 0 rings (SSSR count). The maximum atomic E-state index is 10.1. The van der Waals surface area contributed by atoms with Gasteiger partial charge in [-0.3, -0.25) is 4.57 Å². The molecule has 2 nitrogen and oxygen atoms in total. The van der Waals surface area contributed by atoms with Crippen molar-refractivity contribution in [3.05, 3.63) is 0 Å². The van der Waals surface area contributed by atoms with Gasteiger partial charge in [0.25, 0.3) is 0 Å². The van der Waals surface area contributed by atoms with Crippen LogP contribution in [0.15, 0.2) is 0 Å². The molecule has 1 atom stereocenters. The molecule has 1 N–H and O–H groups in total. The summed E-state index contributed by atoms with van der Waals surface area (Å²) in [6.07, 6.45) is 0.382. The number of hydrogen-bond acceptors (Lipinski definition) is 1. The number of hydrogen-bond donors (Lipinski definition) is 1. The molecule has 0 spiro atoms. The molecule has 4 heteroatoms. The third-order valence-corrected chi connectivity index (χ3v) is 1.76. The Labute approximate surface area is 62.9 Å². The predicted molar refractivity (Wildman–Crippen MR) is 34.3 cm³/mol. The van der Waals surface area contributed by atoms with E-state index in [1.807, 2.05) is 0 Å². The van der Waals surface area contributed by atoms with Crippen LogP contribution in [0.3, 0.4) is 0 Å². The van der Waals surface area contributed by atoms with Gasteiger partial charge in [-0.2, -0.15) is 0 Å². The Hall–Kier alpha value is 0.956. The molecule has 0 bridgehead atoms. The quantitative estimate of drug-likeness (QED) is 0.424. The monoisotopic (exact) mass is 134 g/mol. The molecule has 0 amide bonds. The zero-order chi connectivity index (χ0) is 5.21. The summed E-state index contributed by atoms with van der Waals surface area (Å²) >= 11 is 0. The van der Waals surface area contributed by atoms with Gasteiger partial charge in [0, 0.05) is 12.8 Å². The Morgan fingerprint density at radius 3 is 2.00 bits per heavy atom. The molecule has 1 unspecified atom stereocenters. The summed E-state index contributed by atoms with van der Waals surface area (Å²) in [6, 6.07) is 0. The van der Waals surface area contributed by atoms with Crippen molar-refractivity contribution in [1.29, 1.82) is 0 Å². The summed E-state index contributed by atoms with van der Waals surface area (Å²) in [5.41, 5.74) is 0. The van der Waals surface area contributed by atoms with Crippen LogP contribution in [-0.2, 0) is 4.57 Å². The van der Waals surface area contributed by atoms with Crippen molar-refractivity contribution in [3.63, 3.8) is 0 Å². The summed E-state index contributed by atoms with van der Waals surface area (Å²) in [6.45, 7) is 3.05. The van der Waals surface area contributed by atoms with E-state index in [2.05, 4.69) is 0 Å². The van der Waals surface area contributed by atoms with Crippen LogP contribution in [0.5, 0.6) is 0 Å². The fraction of sp³-hybridized carbons (Fsp3) is 1.00. The fourth-order valence-corrected chi connectivity index (χ4v) is 0. The average molecular weight is 134 g/mol. The van der Waals surface area contributed by atoms with Gasteiger partial charge in [0.1, 0.15) is 0 Å². The van der Waals surface area contributed by atoms with Crippen LogP contribution in [0.2, 0.25) is 0 Å². The van der Waals surface area contributed by atoms with Crippen molar-refractivity contribution in [1.82, 2.24) is 0 Å². The second-order valence-corrected chi connectivity index (χ2v) is 4.10. The minimum absolute atomic E-state index is 0. The van der Waals surface area contributed by atoms with Crippen molar-refractivity contribution in [2.45, 2.75) is 6.92 Å². The van der Waals surface area contributed by atoms with Gasteiger partial charge in [0.15, 0.2) is 7.37 Å². The molecule has 0 saturated carbocycles. The molecule has 0 aliphatic carbocycles. The summed E-state index contributed by atoms with van der Waals surface area (Å²) in [4.78, 5) is 8.38. The molecule has 0 heterocycles. The summed E-state index contributed by atoms with van der Waals surface area (Å²) in [5.74, 6) is 0. The molecule has 42 valence electrons. The molecule has 0 fully saturated rings. The maximum absolute atomic E-state index is 10.1. The summed E-state index contributed by atoms with van der Waals surface area (Å²) in [5, 5.41) is 0. The average Bonchev–Trinajstić information content (AvgIpc) is 1.35. The van der Waals surface area contributed by atoms with E-state index < -0.39 is 7.37 Å². The van der Waals surface area contributed by atoms with E-state index >= 15 is 0 Å². The summed E-state index contributed by atoms with van der Waals surface area (Å²) < 4.78 is 10.1. The molecule has 0 radical (unpaired) electrons. The van der Waals surface area contributed by atoms with Gasteiger partial charge in [-0.15, -0.1) is 0 Å². The van der Waals surface area contributed by atoms with E-state index in [1.54, 1.807) is 6.92 Å². The van der Waals surface area contributed by atoms with Crippen molar-refractivity contribution in [2.24, 2.45) is 0 Å². The minimum atomic E-state index is -2.65. The zero-order valence-electron chi connectivity index (χ0n) is 6.72. The van der Waals surface area contributed by atoms with Crippen LogP contribution in [0.1, 0.15) is 9.78 Å². The van der Waals surface area contributed by atoms with Crippen molar-refractivity contribution >= 4 is 30.4 Å². The Bertz CT molecular complexity index is 83.9. The van der Waals surface area contributed by atoms with E-state index in [9.17, 15) is 4.57 Å². The minimum Gasteiger partial charge on any atom is -1.00 e. The number of rotatable bonds is 1. The fourth-order valence-electron chi connectivity index (χ4n) is 0. The maximum Gasteiger partial charge on any atom is 2.00 e. The second kappa shape index (κ2) is 3.90. The summed E-state index contributed by atoms with van der Waals surface area (Å²) in [7, 11) is -2.65. The first kappa shape index (κ1) is 10.9. The largest absolute Gasteiger partial charge is 2.00 e. The zero-order valence-corrected chi connectivity index (χ0v) is 7.03. The molecule has 0 aliphatic heterocycles. The van der Waals surface area contributed by atoms with Crippen LogP contribution in [0, 0.1) is 0 Å². The molecule has 0 saturated heterocycles. The third kappa shape index (κ3) is 10.9. The van der Waals surface area contributed by atoms with Crippen molar-refractivity contribution in [2.75, 3.05) is 12.8 Å². The second-order valence-electron chi connectivity index (χ2n) is 1.37. The van der Waals surface area contributed by atoms with E-state index in [1.165, 1.54) is 6.66 Å². The van der Waals surface area contributed by atoms with Gasteiger partial charge >= 0.3 is 23.1 Å². The Kier molecular flexibility index (Phi) is 6.04. The first-order chi connectivity index (χ1) is 2.56. The molecule has 0 aromatic rings. The predicted octanol–water partition coefficient (Wildman–Crippen LogP) is 0.751. The molecule has 7 heavy (non-hydrogen) atoms. The van der Waals surface area contributed by atoms with Gasteiger partial charge in [-0.25, -0.2) is 0 Å². The van der Waals surface area contributed by atoms with Crippen LogP contribution in [0.25, 0.3) is 0 Å². The topological polar surface area (TPSA) is 37.3 Å². The van der Waals surface area contributed by atoms with Crippen LogP contribution >= 0.6 is 7.37 Å². The van der Waals surface area contributed by atoms with Crippen molar-refractivity contribution < 1.29 is 12.3 Å². The normalized spacial score (nSPS) is 17.0. The Morgan fingerprint density at radius 1 is 1.86 bits per heavy atom. The Morgan fingerprint density at radius 2 is 2.00 bits per heavy atom. The van der Waals surface area contributed by atoms with Gasteiger partial charge in [0.05, 0.1) is 0 Å². The Balaban J connectivity index is -0.0000000417. The molecule has 0 aromatic carbocycles. The SMILES string of the molecule is CCP(C)(=O)O.[H-].[H-].[Mg+2]. The van der Waals surface area contributed by atoms with Gasteiger partial charge in [0.2, 0.25) is 0 Å². The first-order valence-corrected chi connectivity index (χ1v) is 4.15. The van der Waals surface area contributed by atoms with Crippen LogP contribution < -0.4 is 0 Å². The van der Waals surface area contributed by atoms with Gasteiger partial charge < -0.3 is 7.75 Å². The van der Waals surface area contributed by atoms with Crippen LogP contribution in [-0.4, -0.2) is 40.8 Å².